The van der Waals surface area contributed by atoms with E-state index in [2.05, 4.69) is 10.3 Å². The number of hydrogen-bond donors (Lipinski definition) is 1. The van der Waals surface area contributed by atoms with Crippen LogP contribution in [0.25, 0.3) is 5.69 Å². The SMILES string of the molecule is Cc1c(O)cccc1-n1ccnn1. The van der Waals surface area contributed by atoms with Crippen LogP contribution in [-0.2, 0) is 0 Å². The van der Waals surface area contributed by atoms with Crippen LogP contribution >= 0.6 is 0 Å². The molecule has 0 amide bonds. The van der Waals surface area contributed by atoms with E-state index in [1.165, 1.54) is 0 Å². The van der Waals surface area contributed by atoms with E-state index in [0.29, 0.717) is 0 Å². The van der Waals surface area contributed by atoms with E-state index in [4.69, 9.17) is 0 Å². The van der Waals surface area contributed by atoms with E-state index in [1.54, 1.807) is 29.2 Å². The minimum absolute atomic E-state index is 0.271. The van der Waals surface area contributed by atoms with Gasteiger partial charge >= 0.3 is 0 Å². The number of phenolic OH excluding ortho intramolecular Hbond substituents is 1. The Hall–Kier alpha value is -1.84. The number of aromatic nitrogens is 3. The zero-order chi connectivity index (χ0) is 9.26. The Morgan fingerprint density at radius 1 is 1.38 bits per heavy atom. The second kappa shape index (κ2) is 2.90. The van der Waals surface area contributed by atoms with Crippen molar-refractivity contribution in [3.8, 4) is 11.4 Å². The van der Waals surface area contributed by atoms with Crippen molar-refractivity contribution in [2.75, 3.05) is 0 Å². The summed E-state index contributed by atoms with van der Waals surface area (Å²) >= 11 is 0. The second-order valence-electron chi connectivity index (χ2n) is 2.77. The molecular weight excluding hydrogens is 166 g/mol. The van der Waals surface area contributed by atoms with Crippen LogP contribution in [0.2, 0.25) is 0 Å². The molecule has 0 aliphatic heterocycles. The highest BCUT2D eigenvalue weighted by Crippen LogP contribution is 2.21. The maximum absolute atomic E-state index is 9.44. The summed E-state index contributed by atoms with van der Waals surface area (Å²) in [6, 6.07) is 5.30. The van der Waals surface area contributed by atoms with Crippen molar-refractivity contribution < 1.29 is 5.11 Å². The molecule has 0 spiro atoms. The van der Waals surface area contributed by atoms with Gasteiger partial charge in [-0.1, -0.05) is 11.3 Å². The average Bonchev–Trinajstić information content (AvgIpc) is 2.62. The van der Waals surface area contributed by atoms with Crippen molar-refractivity contribution in [1.82, 2.24) is 15.0 Å². The van der Waals surface area contributed by atoms with Gasteiger partial charge in [0.2, 0.25) is 0 Å². The van der Waals surface area contributed by atoms with Crippen LogP contribution in [0.5, 0.6) is 5.75 Å². The Morgan fingerprint density at radius 2 is 2.23 bits per heavy atom. The number of rotatable bonds is 1. The highest BCUT2D eigenvalue weighted by atomic mass is 16.3. The quantitative estimate of drug-likeness (QED) is 0.710. The summed E-state index contributed by atoms with van der Waals surface area (Å²) in [6.07, 6.45) is 3.34. The smallest absolute Gasteiger partial charge is 0.120 e. The van der Waals surface area contributed by atoms with Crippen molar-refractivity contribution in [1.29, 1.82) is 0 Å². The Morgan fingerprint density at radius 3 is 2.92 bits per heavy atom. The topological polar surface area (TPSA) is 50.9 Å². The molecule has 2 rings (SSSR count). The molecule has 0 aliphatic rings. The first-order valence-corrected chi connectivity index (χ1v) is 3.94. The van der Waals surface area contributed by atoms with Crippen molar-refractivity contribution in [2.45, 2.75) is 6.92 Å². The van der Waals surface area contributed by atoms with E-state index >= 15 is 0 Å². The molecule has 4 nitrogen and oxygen atoms in total. The Kier molecular flexibility index (Phi) is 1.73. The highest BCUT2D eigenvalue weighted by Gasteiger charge is 2.04. The minimum Gasteiger partial charge on any atom is -0.508 e. The Balaban J connectivity index is 2.59. The molecule has 0 radical (unpaired) electrons. The lowest BCUT2D eigenvalue weighted by Gasteiger charge is -2.05. The Labute approximate surface area is 75.4 Å². The van der Waals surface area contributed by atoms with Crippen LogP contribution in [0.15, 0.2) is 30.6 Å². The van der Waals surface area contributed by atoms with Crippen LogP contribution in [0, 0.1) is 6.92 Å². The molecular formula is C9H9N3O. The molecule has 0 fully saturated rings. The zero-order valence-electron chi connectivity index (χ0n) is 7.18. The lowest BCUT2D eigenvalue weighted by atomic mass is 10.2. The molecule has 0 unspecified atom stereocenters. The number of phenols is 1. The average molecular weight is 175 g/mol. The molecule has 0 bridgehead atoms. The van der Waals surface area contributed by atoms with Crippen molar-refractivity contribution >= 4 is 0 Å². The summed E-state index contributed by atoms with van der Waals surface area (Å²) in [4.78, 5) is 0. The zero-order valence-corrected chi connectivity index (χ0v) is 7.18. The van der Waals surface area contributed by atoms with Gasteiger partial charge in [0, 0.05) is 5.56 Å². The van der Waals surface area contributed by atoms with E-state index in [0.717, 1.165) is 11.3 Å². The van der Waals surface area contributed by atoms with E-state index in [9.17, 15) is 5.11 Å². The summed E-state index contributed by atoms with van der Waals surface area (Å²) < 4.78 is 1.62. The third-order valence-corrected chi connectivity index (χ3v) is 1.95. The van der Waals surface area contributed by atoms with E-state index in [1.807, 2.05) is 13.0 Å². The summed E-state index contributed by atoms with van der Waals surface area (Å²) in [7, 11) is 0. The second-order valence-corrected chi connectivity index (χ2v) is 2.77. The third kappa shape index (κ3) is 1.26. The van der Waals surface area contributed by atoms with Crippen molar-refractivity contribution in [3.05, 3.63) is 36.2 Å². The maximum Gasteiger partial charge on any atom is 0.120 e. The molecule has 1 aromatic heterocycles. The van der Waals surface area contributed by atoms with Gasteiger partial charge in [0.05, 0.1) is 18.1 Å². The first-order chi connectivity index (χ1) is 6.29. The number of nitrogens with zero attached hydrogens (tertiary/aromatic N) is 3. The number of aromatic hydroxyl groups is 1. The van der Waals surface area contributed by atoms with Gasteiger partial charge in [0.1, 0.15) is 5.75 Å². The molecule has 0 atom stereocenters. The van der Waals surface area contributed by atoms with Gasteiger partial charge in [-0.2, -0.15) is 0 Å². The lowest BCUT2D eigenvalue weighted by Crippen LogP contribution is -1.97. The molecule has 0 saturated carbocycles. The monoisotopic (exact) mass is 175 g/mol. The van der Waals surface area contributed by atoms with Gasteiger partial charge in [-0.3, -0.25) is 0 Å². The molecule has 66 valence electrons. The van der Waals surface area contributed by atoms with Crippen LogP contribution in [0.4, 0.5) is 0 Å². The molecule has 4 heteroatoms. The van der Waals surface area contributed by atoms with Crippen LogP contribution < -0.4 is 0 Å². The first-order valence-electron chi connectivity index (χ1n) is 3.94. The van der Waals surface area contributed by atoms with E-state index in [-0.39, 0.29) is 5.75 Å². The summed E-state index contributed by atoms with van der Waals surface area (Å²) in [5, 5.41) is 17.0. The van der Waals surface area contributed by atoms with Gasteiger partial charge in [-0.15, -0.1) is 5.10 Å². The predicted octanol–water partition coefficient (Wildman–Crippen LogP) is 1.28. The molecule has 1 heterocycles. The van der Waals surface area contributed by atoms with Gasteiger partial charge in [0.25, 0.3) is 0 Å². The van der Waals surface area contributed by atoms with Crippen LogP contribution in [0.1, 0.15) is 5.56 Å². The summed E-state index contributed by atoms with van der Waals surface area (Å²) in [5.41, 5.74) is 1.64. The van der Waals surface area contributed by atoms with Gasteiger partial charge in [0.15, 0.2) is 0 Å². The summed E-state index contributed by atoms with van der Waals surface area (Å²) in [5.74, 6) is 0.271. The molecule has 1 N–H and O–H groups in total. The van der Waals surface area contributed by atoms with Crippen molar-refractivity contribution in [3.63, 3.8) is 0 Å². The fraction of sp³-hybridized carbons (Fsp3) is 0.111. The standard InChI is InChI=1S/C9H9N3O/c1-7-8(3-2-4-9(7)13)12-6-5-10-11-12/h2-6,13H,1H3. The van der Waals surface area contributed by atoms with Gasteiger partial charge < -0.3 is 5.11 Å². The van der Waals surface area contributed by atoms with Crippen LogP contribution in [-0.4, -0.2) is 20.1 Å². The fourth-order valence-corrected chi connectivity index (χ4v) is 1.20. The molecule has 0 saturated heterocycles. The largest absolute Gasteiger partial charge is 0.508 e. The van der Waals surface area contributed by atoms with Gasteiger partial charge in [-0.25, -0.2) is 4.68 Å². The highest BCUT2D eigenvalue weighted by molar-refractivity contribution is 5.47. The Bertz CT molecular complexity index is 409. The number of hydrogen-bond acceptors (Lipinski definition) is 3. The number of benzene rings is 1. The van der Waals surface area contributed by atoms with Crippen LogP contribution in [0.3, 0.4) is 0 Å². The normalized spacial score (nSPS) is 10.2. The lowest BCUT2D eigenvalue weighted by molar-refractivity contribution is 0.470. The summed E-state index contributed by atoms with van der Waals surface area (Å²) in [6.45, 7) is 1.84. The van der Waals surface area contributed by atoms with Crippen molar-refractivity contribution in [2.24, 2.45) is 0 Å². The molecule has 0 aliphatic carbocycles. The third-order valence-electron chi connectivity index (χ3n) is 1.95. The molecule has 2 aromatic rings. The van der Waals surface area contributed by atoms with Gasteiger partial charge in [-0.05, 0) is 19.1 Å². The maximum atomic E-state index is 9.44. The fourth-order valence-electron chi connectivity index (χ4n) is 1.20. The molecule has 13 heavy (non-hydrogen) atoms. The minimum atomic E-state index is 0.271. The van der Waals surface area contributed by atoms with E-state index < -0.39 is 0 Å². The predicted molar refractivity (Wildman–Crippen MR) is 47.8 cm³/mol. The first kappa shape index (κ1) is 7.79. The molecule has 1 aromatic carbocycles.